The van der Waals surface area contributed by atoms with Gasteiger partial charge in [0, 0.05) is 11.5 Å². The van der Waals surface area contributed by atoms with Crippen molar-refractivity contribution in [1.29, 1.82) is 0 Å². The smallest absolute Gasteiger partial charge is 0.344 e. The van der Waals surface area contributed by atoms with E-state index in [1.54, 1.807) is 18.2 Å². The summed E-state index contributed by atoms with van der Waals surface area (Å²) in [5.74, 6) is -0.140. The fourth-order valence-electron chi connectivity index (χ4n) is 2.28. The van der Waals surface area contributed by atoms with Crippen LogP contribution < -0.4 is 14.8 Å². The second kappa shape index (κ2) is 9.77. The number of esters is 1. The van der Waals surface area contributed by atoms with Crippen LogP contribution in [-0.2, 0) is 19.7 Å². The minimum atomic E-state index is -0.687. The first-order chi connectivity index (χ1) is 13.7. The summed E-state index contributed by atoms with van der Waals surface area (Å²) >= 11 is 0. The molecular weight excluding hydrogens is 376 g/mol. The van der Waals surface area contributed by atoms with Gasteiger partial charge in [-0.15, -0.1) is 0 Å². The molecule has 1 heterocycles. The normalized spacial score (nSPS) is 11.3. The molecular formula is C21H26N2O6. The monoisotopic (exact) mass is 402 g/mol. The molecule has 1 amide bonds. The van der Waals surface area contributed by atoms with Gasteiger partial charge in [0.2, 0.25) is 5.88 Å². The number of ether oxygens (including phenoxy) is 3. The third-order valence-corrected chi connectivity index (χ3v) is 3.80. The first-order valence-corrected chi connectivity index (χ1v) is 9.09. The van der Waals surface area contributed by atoms with Crippen LogP contribution in [-0.4, -0.2) is 37.4 Å². The maximum atomic E-state index is 11.9. The zero-order valence-electron chi connectivity index (χ0n) is 17.3. The molecule has 1 N–H and O–H groups in total. The molecule has 2 aromatic rings. The number of anilines is 1. The molecule has 8 nitrogen and oxygen atoms in total. The lowest BCUT2D eigenvalue weighted by atomic mass is 9.92. The minimum Gasteiger partial charge on any atom is -0.493 e. The lowest BCUT2D eigenvalue weighted by Crippen LogP contribution is -2.23. The van der Waals surface area contributed by atoms with Crippen molar-refractivity contribution in [1.82, 2.24) is 5.16 Å². The Balaban J connectivity index is 1.81. The summed E-state index contributed by atoms with van der Waals surface area (Å²) < 4.78 is 20.7. The molecule has 0 fully saturated rings. The van der Waals surface area contributed by atoms with Crippen molar-refractivity contribution >= 4 is 23.8 Å². The van der Waals surface area contributed by atoms with Gasteiger partial charge < -0.3 is 18.7 Å². The molecule has 1 aromatic heterocycles. The van der Waals surface area contributed by atoms with Gasteiger partial charge in [0.1, 0.15) is 0 Å². The number of nitrogens with one attached hydrogen (secondary N) is 1. The molecule has 156 valence electrons. The quantitative estimate of drug-likeness (QED) is 0.674. The topological polar surface area (TPSA) is 99.9 Å². The number of nitrogens with zero attached hydrogens (tertiary/aromatic N) is 1. The van der Waals surface area contributed by atoms with Crippen LogP contribution in [0, 0.1) is 0 Å². The maximum Gasteiger partial charge on any atom is 0.344 e. The summed E-state index contributed by atoms with van der Waals surface area (Å²) in [5.41, 5.74) is 1.44. The van der Waals surface area contributed by atoms with Gasteiger partial charge in [-0.05, 0) is 24.6 Å². The average molecular weight is 402 g/mol. The van der Waals surface area contributed by atoms with Crippen LogP contribution in [0.4, 0.5) is 5.88 Å². The van der Waals surface area contributed by atoms with Crippen molar-refractivity contribution in [2.45, 2.75) is 33.1 Å². The molecule has 0 saturated carbocycles. The summed E-state index contributed by atoms with van der Waals surface area (Å²) in [6.07, 6.45) is 3.82. The number of aromatic nitrogens is 1. The molecule has 8 heteroatoms. The van der Waals surface area contributed by atoms with Crippen LogP contribution >= 0.6 is 0 Å². The molecule has 0 radical (unpaired) electrons. The van der Waals surface area contributed by atoms with E-state index in [1.165, 1.54) is 7.11 Å². The highest BCUT2D eigenvalue weighted by atomic mass is 16.6. The Labute approximate surface area is 169 Å². The second-order valence-electron chi connectivity index (χ2n) is 7.23. The standard InChI is InChI=1S/C21H26N2O6/c1-6-7-14-8-9-15(16(10-14)26-5)27-13-20(25)28-12-18(24)22-19-11-17(23-29-19)21(2,3)4/h6-11H,12-13H2,1-5H3,(H,22,24)/b7-6+. The summed E-state index contributed by atoms with van der Waals surface area (Å²) in [5, 5.41) is 6.39. The van der Waals surface area contributed by atoms with Gasteiger partial charge in [-0.25, -0.2) is 4.79 Å². The zero-order valence-corrected chi connectivity index (χ0v) is 17.3. The Kier molecular flexibility index (Phi) is 7.41. The predicted molar refractivity (Wildman–Crippen MR) is 108 cm³/mol. The molecule has 0 unspecified atom stereocenters. The number of amides is 1. The summed E-state index contributed by atoms with van der Waals surface area (Å²) in [4.78, 5) is 23.8. The van der Waals surface area contributed by atoms with Crippen LogP contribution in [0.25, 0.3) is 6.08 Å². The van der Waals surface area contributed by atoms with Gasteiger partial charge in [-0.1, -0.05) is 44.1 Å². The molecule has 0 aliphatic rings. The van der Waals surface area contributed by atoms with E-state index >= 15 is 0 Å². The van der Waals surface area contributed by atoms with Crippen LogP contribution in [0.3, 0.4) is 0 Å². The lowest BCUT2D eigenvalue weighted by molar-refractivity contribution is -0.149. The van der Waals surface area contributed by atoms with Gasteiger partial charge in [0.05, 0.1) is 12.8 Å². The maximum absolute atomic E-state index is 11.9. The van der Waals surface area contributed by atoms with Gasteiger partial charge in [-0.2, -0.15) is 0 Å². The van der Waals surface area contributed by atoms with E-state index in [-0.39, 0.29) is 17.9 Å². The minimum absolute atomic E-state index is 0.193. The lowest BCUT2D eigenvalue weighted by Gasteiger charge is -2.12. The van der Waals surface area contributed by atoms with E-state index in [4.69, 9.17) is 18.7 Å². The van der Waals surface area contributed by atoms with Gasteiger partial charge >= 0.3 is 5.97 Å². The number of carbonyl (C=O) groups excluding carboxylic acids is 2. The molecule has 0 saturated heterocycles. The van der Waals surface area contributed by atoms with E-state index in [0.29, 0.717) is 17.2 Å². The molecule has 0 spiro atoms. The largest absolute Gasteiger partial charge is 0.493 e. The van der Waals surface area contributed by atoms with Crippen molar-refractivity contribution in [3.05, 3.63) is 41.6 Å². The molecule has 2 rings (SSSR count). The first-order valence-electron chi connectivity index (χ1n) is 9.09. The summed E-state index contributed by atoms with van der Waals surface area (Å²) in [6, 6.07) is 6.95. The zero-order chi connectivity index (χ0) is 21.4. The van der Waals surface area contributed by atoms with Crippen molar-refractivity contribution in [3.8, 4) is 11.5 Å². The number of carbonyl (C=O) groups is 2. The number of hydrogen-bond acceptors (Lipinski definition) is 7. The molecule has 0 aliphatic heterocycles. The summed E-state index contributed by atoms with van der Waals surface area (Å²) in [7, 11) is 1.51. The highest BCUT2D eigenvalue weighted by Crippen LogP contribution is 2.28. The van der Waals surface area contributed by atoms with Gasteiger partial charge in [-0.3, -0.25) is 10.1 Å². The van der Waals surface area contributed by atoms with E-state index < -0.39 is 18.5 Å². The van der Waals surface area contributed by atoms with Crippen LogP contribution in [0.5, 0.6) is 11.5 Å². The third-order valence-electron chi connectivity index (χ3n) is 3.80. The highest BCUT2D eigenvalue weighted by Gasteiger charge is 2.20. The van der Waals surface area contributed by atoms with E-state index in [9.17, 15) is 9.59 Å². The SMILES string of the molecule is C/C=C/c1ccc(OCC(=O)OCC(=O)Nc2cc(C(C)(C)C)no2)c(OC)c1. The second-order valence-corrected chi connectivity index (χ2v) is 7.23. The fraction of sp³-hybridized carbons (Fsp3) is 0.381. The Morgan fingerprint density at radius 2 is 1.93 bits per heavy atom. The predicted octanol–water partition coefficient (Wildman–Crippen LogP) is 3.57. The van der Waals surface area contributed by atoms with Crippen molar-refractivity contribution in [2.24, 2.45) is 0 Å². The third kappa shape index (κ3) is 6.67. The number of methoxy groups -OCH3 is 1. The molecule has 29 heavy (non-hydrogen) atoms. The number of rotatable bonds is 8. The molecule has 0 atom stereocenters. The number of hydrogen-bond donors (Lipinski definition) is 1. The number of allylic oxidation sites excluding steroid dienone is 1. The highest BCUT2D eigenvalue weighted by molar-refractivity contribution is 5.91. The van der Waals surface area contributed by atoms with E-state index in [0.717, 1.165) is 5.56 Å². The van der Waals surface area contributed by atoms with E-state index in [1.807, 2.05) is 45.9 Å². The Morgan fingerprint density at radius 3 is 2.55 bits per heavy atom. The van der Waals surface area contributed by atoms with Crippen LogP contribution in [0.1, 0.15) is 39.0 Å². The number of benzene rings is 1. The average Bonchev–Trinajstić information content (AvgIpc) is 3.14. The Bertz CT molecular complexity index is 880. The first kappa shape index (κ1) is 22.0. The van der Waals surface area contributed by atoms with Crippen LogP contribution in [0.15, 0.2) is 34.9 Å². The van der Waals surface area contributed by atoms with Gasteiger partial charge in [0.15, 0.2) is 24.7 Å². The van der Waals surface area contributed by atoms with Crippen molar-refractivity contribution in [3.63, 3.8) is 0 Å². The molecule has 0 aliphatic carbocycles. The van der Waals surface area contributed by atoms with Gasteiger partial charge in [0.25, 0.3) is 5.91 Å². The summed E-state index contributed by atoms with van der Waals surface area (Å²) in [6.45, 7) is 7.01. The molecule has 0 bridgehead atoms. The van der Waals surface area contributed by atoms with Crippen molar-refractivity contribution < 1.29 is 28.3 Å². The Morgan fingerprint density at radius 1 is 1.17 bits per heavy atom. The fourth-order valence-corrected chi connectivity index (χ4v) is 2.28. The molecule has 1 aromatic carbocycles. The van der Waals surface area contributed by atoms with E-state index in [2.05, 4.69) is 10.5 Å². The van der Waals surface area contributed by atoms with Crippen molar-refractivity contribution in [2.75, 3.05) is 25.6 Å². The Hall–Kier alpha value is -3.29. The van der Waals surface area contributed by atoms with Crippen LogP contribution in [0.2, 0.25) is 0 Å².